The maximum atomic E-state index is 13.2. The number of carbonyl (C=O) groups excluding carboxylic acids is 2. The SMILES string of the molecule is NC(=O)c1nc2c(C(=O)N3CCc4c([nH]c5ccccc45)C3)cccc2[nH]1. The minimum absolute atomic E-state index is 0.0572. The highest BCUT2D eigenvalue weighted by Crippen LogP contribution is 2.28. The number of nitrogens with zero attached hydrogens (tertiary/aromatic N) is 2. The van der Waals surface area contributed by atoms with E-state index in [-0.39, 0.29) is 11.7 Å². The standard InChI is InChI=1S/C20H17N5O2/c21-18(26)19-23-15-7-3-5-13(17(15)24-19)20(27)25-9-8-12-11-4-1-2-6-14(11)22-16(12)10-25/h1-7,22H,8-10H2,(H2,21,26)(H,23,24). The van der Waals surface area contributed by atoms with Gasteiger partial charge in [-0.1, -0.05) is 24.3 Å². The minimum atomic E-state index is -0.648. The van der Waals surface area contributed by atoms with E-state index in [1.165, 1.54) is 10.9 Å². The lowest BCUT2D eigenvalue weighted by molar-refractivity contribution is 0.0734. The molecule has 0 atom stereocenters. The number of imidazole rings is 1. The van der Waals surface area contributed by atoms with Crippen molar-refractivity contribution in [1.29, 1.82) is 0 Å². The Bertz CT molecular complexity index is 1220. The summed E-state index contributed by atoms with van der Waals surface area (Å²) in [4.78, 5) is 36.9. The Morgan fingerprint density at radius 1 is 1.04 bits per heavy atom. The number of fused-ring (bicyclic) bond motifs is 4. The molecule has 2 aromatic heterocycles. The highest BCUT2D eigenvalue weighted by atomic mass is 16.2. The number of aromatic nitrogens is 3. The summed E-state index contributed by atoms with van der Waals surface area (Å²) in [6.07, 6.45) is 0.800. The second kappa shape index (κ2) is 5.70. The van der Waals surface area contributed by atoms with Crippen LogP contribution in [-0.2, 0) is 13.0 Å². The van der Waals surface area contributed by atoms with Crippen LogP contribution in [0.3, 0.4) is 0 Å². The monoisotopic (exact) mass is 359 g/mol. The maximum absolute atomic E-state index is 13.2. The van der Waals surface area contributed by atoms with Crippen LogP contribution in [0, 0.1) is 0 Å². The van der Waals surface area contributed by atoms with Crippen molar-refractivity contribution in [2.45, 2.75) is 13.0 Å². The lowest BCUT2D eigenvalue weighted by Gasteiger charge is -2.27. The van der Waals surface area contributed by atoms with Crippen molar-refractivity contribution in [2.24, 2.45) is 5.73 Å². The summed E-state index contributed by atoms with van der Waals surface area (Å²) < 4.78 is 0. The molecule has 0 unspecified atom stereocenters. The van der Waals surface area contributed by atoms with E-state index in [1.54, 1.807) is 18.2 Å². The second-order valence-electron chi connectivity index (χ2n) is 6.76. The molecule has 0 saturated heterocycles. The average Bonchev–Trinajstić information content (AvgIpc) is 3.28. The van der Waals surface area contributed by atoms with Crippen molar-refractivity contribution >= 4 is 33.8 Å². The number of benzene rings is 2. The number of nitrogens with one attached hydrogen (secondary N) is 2. The summed E-state index contributed by atoms with van der Waals surface area (Å²) in [7, 11) is 0. The van der Waals surface area contributed by atoms with Crippen LogP contribution in [0.2, 0.25) is 0 Å². The zero-order chi connectivity index (χ0) is 18.5. The topological polar surface area (TPSA) is 108 Å². The summed E-state index contributed by atoms with van der Waals surface area (Å²) in [6.45, 7) is 1.16. The molecule has 5 rings (SSSR count). The number of primary amides is 1. The van der Waals surface area contributed by atoms with E-state index < -0.39 is 5.91 Å². The fraction of sp³-hybridized carbons (Fsp3) is 0.150. The quantitative estimate of drug-likeness (QED) is 0.511. The van der Waals surface area contributed by atoms with Gasteiger partial charge in [0.2, 0.25) is 0 Å². The maximum Gasteiger partial charge on any atom is 0.284 e. The fourth-order valence-electron chi connectivity index (χ4n) is 3.86. The van der Waals surface area contributed by atoms with Crippen molar-refractivity contribution in [3.63, 3.8) is 0 Å². The summed E-state index contributed by atoms with van der Waals surface area (Å²) >= 11 is 0. The highest BCUT2D eigenvalue weighted by molar-refractivity contribution is 6.06. The van der Waals surface area contributed by atoms with Gasteiger partial charge in [-0.25, -0.2) is 4.98 Å². The first-order chi connectivity index (χ1) is 13.1. The van der Waals surface area contributed by atoms with Crippen LogP contribution < -0.4 is 5.73 Å². The number of para-hydroxylation sites is 2. The van der Waals surface area contributed by atoms with E-state index in [1.807, 2.05) is 17.0 Å². The predicted octanol–water partition coefficient (Wildman–Crippen LogP) is 2.34. The third-order valence-electron chi connectivity index (χ3n) is 5.15. The molecule has 4 aromatic rings. The number of hydrogen-bond donors (Lipinski definition) is 3. The van der Waals surface area contributed by atoms with E-state index in [9.17, 15) is 9.59 Å². The van der Waals surface area contributed by atoms with Gasteiger partial charge >= 0.3 is 0 Å². The van der Waals surface area contributed by atoms with Gasteiger partial charge in [0.15, 0.2) is 5.82 Å². The molecule has 1 aliphatic heterocycles. The Labute approximate surface area is 154 Å². The molecule has 4 N–H and O–H groups in total. The van der Waals surface area contributed by atoms with Gasteiger partial charge in [-0.3, -0.25) is 9.59 Å². The second-order valence-corrected chi connectivity index (χ2v) is 6.76. The van der Waals surface area contributed by atoms with E-state index in [4.69, 9.17) is 5.73 Å². The third kappa shape index (κ3) is 2.39. The Hall–Kier alpha value is -3.61. The highest BCUT2D eigenvalue weighted by Gasteiger charge is 2.26. The minimum Gasteiger partial charge on any atom is -0.363 e. The Balaban J connectivity index is 1.51. The number of amides is 2. The molecule has 134 valence electrons. The lowest BCUT2D eigenvalue weighted by Crippen LogP contribution is -2.36. The number of hydrogen-bond acceptors (Lipinski definition) is 3. The number of aromatic amines is 2. The smallest absolute Gasteiger partial charge is 0.284 e. The lowest BCUT2D eigenvalue weighted by atomic mass is 10.0. The molecule has 0 saturated carbocycles. The van der Waals surface area contributed by atoms with Gasteiger partial charge < -0.3 is 20.6 Å². The Morgan fingerprint density at radius 2 is 1.85 bits per heavy atom. The largest absolute Gasteiger partial charge is 0.363 e. The van der Waals surface area contributed by atoms with Gasteiger partial charge in [-0.05, 0) is 30.2 Å². The van der Waals surface area contributed by atoms with Crippen molar-refractivity contribution in [3.8, 4) is 0 Å². The molecule has 1 aliphatic rings. The van der Waals surface area contributed by atoms with Gasteiger partial charge in [-0.2, -0.15) is 0 Å². The Kier molecular flexibility index (Phi) is 3.30. The zero-order valence-electron chi connectivity index (χ0n) is 14.5. The molecule has 2 aromatic carbocycles. The van der Waals surface area contributed by atoms with E-state index in [2.05, 4.69) is 27.1 Å². The van der Waals surface area contributed by atoms with Gasteiger partial charge in [0, 0.05) is 23.1 Å². The summed E-state index contributed by atoms with van der Waals surface area (Å²) in [5.41, 5.74) is 10.3. The molecule has 0 spiro atoms. The Morgan fingerprint density at radius 3 is 2.70 bits per heavy atom. The van der Waals surface area contributed by atoms with E-state index in [0.29, 0.717) is 29.7 Å². The summed E-state index contributed by atoms with van der Waals surface area (Å²) in [6, 6.07) is 13.5. The van der Waals surface area contributed by atoms with Crippen LogP contribution in [0.15, 0.2) is 42.5 Å². The molecule has 7 nitrogen and oxygen atoms in total. The zero-order valence-corrected chi connectivity index (χ0v) is 14.5. The van der Waals surface area contributed by atoms with Gasteiger partial charge in [-0.15, -0.1) is 0 Å². The molecular formula is C20H17N5O2. The summed E-state index contributed by atoms with van der Waals surface area (Å²) in [5.74, 6) is -0.695. The van der Waals surface area contributed by atoms with Crippen molar-refractivity contribution in [2.75, 3.05) is 6.54 Å². The predicted molar refractivity (Wildman–Crippen MR) is 101 cm³/mol. The molecular weight excluding hydrogens is 342 g/mol. The summed E-state index contributed by atoms with van der Waals surface area (Å²) in [5, 5.41) is 1.22. The first-order valence-corrected chi connectivity index (χ1v) is 8.78. The molecule has 0 fully saturated rings. The van der Waals surface area contributed by atoms with Crippen LogP contribution in [-0.4, -0.2) is 38.2 Å². The van der Waals surface area contributed by atoms with Gasteiger partial charge in [0.1, 0.15) is 5.52 Å². The average molecular weight is 359 g/mol. The van der Waals surface area contributed by atoms with Crippen LogP contribution >= 0.6 is 0 Å². The van der Waals surface area contributed by atoms with Crippen molar-refractivity contribution < 1.29 is 9.59 Å². The van der Waals surface area contributed by atoms with Gasteiger partial charge in [0.05, 0.1) is 17.6 Å². The van der Waals surface area contributed by atoms with Crippen LogP contribution in [0.1, 0.15) is 32.2 Å². The molecule has 0 bridgehead atoms. The first-order valence-electron chi connectivity index (χ1n) is 8.78. The fourth-order valence-corrected chi connectivity index (χ4v) is 3.86. The number of nitrogens with two attached hydrogens (primary N) is 1. The first kappa shape index (κ1) is 15.6. The molecule has 7 heteroatoms. The van der Waals surface area contributed by atoms with Crippen molar-refractivity contribution in [3.05, 3.63) is 65.1 Å². The normalized spacial score (nSPS) is 13.9. The van der Waals surface area contributed by atoms with Crippen LogP contribution in [0.25, 0.3) is 21.9 Å². The number of H-pyrrole nitrogens is 2. The molecule has 3 heterocycles. The van der Waals surface area contributed by atoms with E-state index >= 15 is 0 Å². The molecule has 0 radical (unpaired) electrons. The third-order valence-corrected chi connectivity index (χ3v) is 5.15. The molecule has 27 heavy (non-hydrogen) atoms. The molecule has 0 aliphatic carbocycles. The number of carbonyl (C=O) groups is 2. The molecule has 2 amide bonds. The van der Waals surface area contributed by atoms with Crippen molar-refractivity contribution in [1.82, 2.24) is 19.9 Å². The van der Waals surface area contributed by atoms with Gasteiger partial charge in [0.25, 0.3) is 11.8 Å². The number of rotatable bonds is 2. The van der Waals surface area contributed by atoms with E-state index in [0.717, 1.165) is 17.6 Å². The van der Waals surface area contributed by atoms with Crippen LogP contribution in [0.4, 0.5) is 0 Å². The van der Waals surface area contributed by atoms with Crippen LogP contribution in [0.5, 0.6) is 0 Å².